The third-order valence-electron chi connectivity index (χ3n) is 5.28. The maximum absolute atomic E-state index is 13.7. The molecule has 0 fully saturated rings. The molecule has 1 N–H and O–H groups in total. The molecule has 0 aromatic heterocycles. The first-order valence-corrected chi connectivity index (χ1v) is 13.6. The number of halogens is 1. The van der Waals surface area contributed by atoms with Crippen molar-refractivity contribution in [2.75, 3.05) is 24.2 Å². The smallest absolute Gasteiger partial charge is 0.268 e. The molecular weight excluding hydrogens is 492 g/mol. The van der Waals surface area contributed by atoms with Crippen molar-refractivity contribution in [2.45, 2.75) is 29.7 Å². The summed E-state index contributed by atoms with van der Waals surface area (Å²) >= 11 is 7.65. The third-order valence-corrected chi connectivity index (χ3v) is 8.07. The maximum Gasteiger partial charge on any atom is 0.268 e. The quantitative estimate of drug-likeness (QED) is 0.381. The summed E-state index contributed by atoms with van der Waals surface area (Å²) in [5.41, 5.74) is 2.00. The molecule has 6 nitrogen and oxygen atoms in total. The Morgan fingerprint density at radius 3 is 2.32 bits per heavy atom. The van der Waals surface area contributed by atoms with Crippen LogP contribution in [0.4, 0.5) is 5.69 Å². The normalized spacial score (nSPS) is 12.1. The fourth-order valence-electron chi connectivity index (χ4n) is 3.42. The number of hydrogen-bond donors (Lipinski definition) is 1. The molecule has 0 aliphatic heterocycles. The summed E-state index contributed by atoms with van der Waals surface area (Å²) in [6.45, 7) is 3.24. The highest BCUT2D eigenvalue weighted by Crippen LogP contribution is 2.31. The van der Waals surface area contributed by atoms with Crippen molar-refractivity contribution in [1.29, 1.82) is 0 Å². The lowest BCUT2D eigenvalue weighted by atomic mass is 10.1. The second kappa shape index (κ2) is 11.2. The van der Waals surface area contributed by atoms with E-state index >= 15 is 0 Å². The van der Waals surface area contributed by atoms with Crippen molar-refractivity contribution in [3.63, 3.8) is 0 Å². The molecule has 0 saturated heterocycles. The number of sulfonamides is 1. The van der Waals surface area contributed by atoms with Gasteiger partial charge in [-0.2, -0.15) is 0 Å². The van der Waals surface area contributed by atoms with Crippen LogP contribution in [-0.2, 0) is 14.8 Å². The van der Waals surface area contributed by atoms with Gasteiger partial charge in [0.2, 0.25) is 5.91 Å². The van der Waals surface area contributed by atoms with Crippen LogP contribution in [0.15, 0.2) is 76.5 Å². The minimum Gasteiger partial charge on any atom is -0.495 e. The van der Waals surface area contributed by atoms with Gasteiger partial charge in [-0.05, 0) is 79.8 Å². The van der Waals surface area contributed by atoms with Gasteiger partial charge >= 0.3 is 0 Å². The molecule has 1 unspecified atom stereocenters. The van der Waals surface area contributed by atoms with Crippen molar-refractivity contribution < 1.29 is 17.9 Å². The lowest BCUT2D eigenvalue weighted by molar-refractivity contribution is -0.120. The highest BCUT2D eigenvalue weighted by molar-refractivity contribution is 7.98. The van der Waals surface area contributed by atoms with E-state index in [1.807, 2.05) is 37.4 Å². The second-order valence-corrected chi connectivity index (χ2v) is 10.9. The Balaban J connectivity index is 1.93. The summed E-state index contributed by atoms with van der Waals surface area (Å²) in [6.07, 6.45) is 2.00. The van der Waals surface area contributed by atoms with Gasteiger partial charge in [-0.15, -0.1) is 11.8 Å². The molecule has 0 aliphatic rings. The Bertz CT molecular complexity index is 1250. The van der Waals surface area contributed by atoms with E-state index < -0.39 is 22.5 Å². The molecule has 180 valence electrons. The molecule has 0 spiro atoms. The Morgan fingerprint density at radius 1 is 1.09 bits per heavy atom. The van der Waals surface area contributed by atoms with E-state index in [2.05, 4.69) is 5.32 Å². The highest BCUT2D eigenvalue weighted by Gasteiger charge is 2.30. The van der Waals surface area contributed by atoms with Gasteiger partial charge in [0.05, 0.1) is 18.8 Å². The predicted octanol–water partition coefficient (Wildman–Crippen LogP) is 5.45. The molecule has 34 heavy (non-hydrogen) atoms. The molecule has 3 rings (SSSR count). The summed E-state index contributed by atoms with van der Waals surface area (Å²) in [5.74, 6) is -0.237. The average molecular weight is 519 g/mol. The first-order valence-electron chi connectivity index (χ1n) is 10.5. The van der Waals surface area contributed by atoms with Crippen LogP contribution in [0.5, 0.6) is 5.75 Å². The van der Waals surface area contributed by atoms with Crippen LogP contribution in [0.1, 0.15) is 24.1 Å². The molecule has 1 amide bonds. The number of rotatable bonds is 9. The number of anilines is 1. The van der Waals surface area contributed by atoms with Crippen molar-refractivity contribution >= 4 is 45.0 Å². The molecule has 1 atom stereocenters. The van der Waals surface area contributed by atoms with Crippen LogP contribution < -0.4 is 14.4 Å². The van der Waals surface area contributed by atoms with E-state index in [0.29, 0.717) is 10.7 Å². The Hall–Kier alpha value is -2.68. The van der Waals surface area contributed by atoms with Gasteiger partial charge < -0.3 is 10.1 Å². The standard InChI is InChI=1S/C25H27ClN2O4S2/c1-17-5-14-23(32-3)24(15-17)34(30,31)28(21-10-8-20(26)9-11-21)16-25(29)27-18(2)19-6-12-22(33-4)13-7-19/h5-15,18H,16H2,1-4H3,(H,27,29). The second-order valence-electron chi connectivity index (χ2n) is 7.70. The Labute approximate surface area is 210 Å². The van der Waals surface area contributed by atoms with Gasteiger partial charge in [-0.25, -0.2) is 8.42 Å². The van der Waals surface area contributed by atoms with Crippen LogP contribution in [0.25, 0.3) is 0 Å². The number of thioether (sulfide) groups is 1. The highest BCUT2D eigenvalue weighted by atomic mass is 35.5. The summed E-state index contributed by atoms with van der Waals surface area (Å²) in [7, 11) is -2.73. The average Bonchev–Trinajstić information content (AvgIpc) is 2.83. The van der Waals surface area contributed by atoms with Crippen LogP contribution in [-0.4, -0.2) is 34.2 Å². The molecule has 3 aromatic rings. The minimum atomic E-state index is -4.14. The monoisotopic (exact) mass is 518 g/mol. The Kier molecular flexibility index (Phi) is 8.52. The van der Waals surface area contributed by atoms with Gasteiger partial charge in [-0.3, -0.25) is 9.10 Å². The number of benzene rings is 3. The number of carbonyl (C=O) groups excluding carboxylic acids is 1. The van der Waals surface area contributed by atoms with E-state index in [1.54, 1.807) is 55.1 Å². The van der Waals surface area contributed by atoms with Crippen molar-refractivity contribution in [3.05, 3.63) is 82.9 Å². The molecule has 0 bridgehead atoms. The lowest BCUT2D eigenvalue weighted by Crippen LogP contribution is -2.41. The molecular formula is C25H27ClN2O4S2. The number of nitrogens with zero attached hydrogens (tertiary/aromatic N) is 1. The lowest BCUT2D eigenvalue weighted by Gasteiger charge is -2.26. The van der Waals surface area contributed by atoms with Crippen LogP contribution in [0.2, 0.25) is 5.02 Å². The van der Waals surface area contributed by atoms with Crippen LogP contribution in [0.3, 0.4) is 0 Å². The van der Waals surface area contributed by atoms with Crippen molar-refractivity contribution in [1.82, 2.24) is 5.32 Å². The number of aryl methyl sites for hydroxylation is 1. The zero-order chi connectivity index (χ0) is 24.9. The fraction of sp³-hybridized carbons (Fsp3) is 0.240. The predicted molar refractivity (Wildman–Crippen MR) is 138 cm³/mol. The molecule has 9 heteroatoms. The molecule has 0 aliphatic carbocycles. The van der Waals surface area contributed by atoms with Crippen molar-refractivity contribution in [3.8, 4) is 5.75 Å². The molecule has 0 saturated carbocycles. The number of nitrogens with one attached hydrogen (secondary N) is 1. The maximum atomic E-state index is 13.7. The molecule has 0 heterocycles. The largest absolute Gasteiger partial charge is 0.495 e. The van der Waals surface area contributed by atoms with Crippen molar-refractivity contribution in [2.24, 2.45) is 0 Å². The summed E-state index contributed by atoms with van der Waals surface area (Å²) in [4.78, 5) is 14.1. The van der Waals surface area contributed by atoms with Gasteiger partial charge in [-0.1, -0.05) is 29.8 Å². The van der Waals surface area contributed by atoms with Crippen LogP contribution in [0, 0.1) is 6.92 Å². The number of carbonyl (C=O) groups is 1. The topological polar surface area (TPSA) is 75.7 Å². The first kappa shape index (κ1) is 25.9. The van der Waals surface area contributed by atoms with E-state index in [0.717, 1.165) is 20.3 Å². The summed E-state index contributed by atoms with van der Waals surface area (Å²) in [5, 5.41) is 3.36. The van der Waals surface area contributed by atoms with E-state index in [4.69, 9.17) is 16.3 Å². The van der Waals surface area contributed by atoms with E-state index in [9.17, 15) is 13.2 Å². The molecule has 3 aromatic carbocycles. The zero-order valence-corrected chi connectivity index (χ0v) is 21.8. The first-order chi connectivity index (χ1) is 16.1. The fourth-order valence-corrected chi connectivity index (χ4v) is 5.62. The number of methoxy groups -OCH3 is 1. The number of amides is 1. The van der Waals surface area contributed by atoms with Gasteiger partial charge in [0.1, 0.15) is 17.2 Å². The number of hydrogen-bond acceptors (Lipinski definition) is 5. The van der Waals surface area contributed by atoms with Gasteiger partial charge in [0.25, 0.3) is 10.0 Å². The minimum absolute atomic E-state index is 0.0153. The Morgan fingerprint density at radius 2 is 1.74 bits per heavy atom. The van der Waals surface area contributed by atoms with E-state index in [1.165, 1.54) is 13.2 Å². The SMILES string of the molecule is COc1ccc(C)cc1S(=O)(=O)N(CC(=O)NC(C)c1ccc(SC)cc1)c1ccc(Cl)cc1. The number of ether oxygens (including phenoxy) is 1. The summed E-state index contributed by atoms with van der Waals surface area (Å²) < 4.78 is 33.9. The van der Waals surface area contributed by atoms with Gasteiger partial charge in [0, 0.05) is 9.92 Å². The van der Waals surface area contributed by atoms with Gasteiger partial charge in [0.15, 0.2) is 0 Å². The van der Waals surface area contributed by atoms with E-state index in [-0.39, 0.29) is 16.7 Å². The van der Waals surface area contributed by atoms with Crippen LogP contribution >= 0.6 is 23.4 Å². The summed E-state index contributed by atoms with van der Waals surface area (Å²) in [6, 6.07) is 18.8. The zero-order valence-electron chi connectivity index (χ0n) is 19.4. The third kappa shape index (κ3) is 6.05. The molecule has 0 radical (unpaired) electrons.